The molecule has 0 aliphatic rings. The number of carboxylic acids is 1. The first-order valence-electron chi connectivity index (χ1n) is 6.99. The maximum absolute atomic E-state index is 12.4. The summed E-state index contributed by atoms with van der Waals surface area (Å²) in [6, 6.07) is 1.55. The number of likely N-dealkylation sites (N-methyl/N-ethyl adjacent to an activating group) is 1. The molecule has 0 aromatic carbocycles. The van der Waals surface area contributed by atoms with Gasteiger partial charge < -0.3 is 15.3 Å². The summed E-state index contributed by atoms with van der Waals surface area (Å²) >= 11 is 1.69. The predicted molar refractivity (Wildman–Crippen MR) is 84.8 cm³/mol. The van der Waals surface area contributed by atoms with Gasteiger partial charge in [-0.2, -0.15) is 0 Å². The smallest absolute Gasteiger partial charge is 0.329 e. The second-order valence-electron chi connectivity index (χ2n) is 5.65. The number of thiophene rings is 1. The normalized spacial score (nSPS) is 12.9. The third-order valence-corrected chi connectivity index (χ3v) is 4.63. The van der Waals surface area contributed by atoms with Crippen molar-refractivity contribution < 1.29 is 14.7 Å². The average Bonchev–Trinajstić information content (AvgIpc) is 2.68. The molecular formula is C15H24N2O3S. The van der Waals surface area contributed by atoms with E-state index in [2.05, 4.69) is 11.4 Å². The molecule has 0 saturated heterocycles. The van der Waals surface area contributed by atoms with Gasteiger partial charge in [-0.15, -0.1) is 11.3 Å². The first kappa shape index (κ1) is 17.5. The fourth-order valence-corrected chi connectivity index (χ4v) is 3.35. The van der Waals surface area contributed by atoms with Crippen LogP contribution in [0.4, 0.5) is 4.79 Å². The number of nitrogens with zero attached hydrogens (tertiary/aromatic N) is 1. The molecule has 6 heteroatoms. The Morgan fingerprint density at radius 3 is 2.38 bits per heavy atom. The van der Waals surface area contributed by atoms with Gasteiger partial charge in [0.25, 0.3) is 0 Å². The van der Waals surface area contributed by atoms with Crippen LogP contribution < -0.4 is 5.32 Å². The number of rotatable bonds is 5. The summed E-state index contributed by atoms with van der Waals surface area (Å²) in [7, 11) is 0. The van der Waals surface area contributed by atoms with E-state index in [9.17, 15) is 14.7 Å². The summed E-state index contributed by atoms with van der Waals surface area (Å²) < 4.78 is 0. The maximum atomic E-state index is 12.4. The predicted octanol–water partition coefficient (Wildman–Crippen LogP) is 3.32. The van der Waals surface area contributed by atoms with E-state index in [0.717, 1.165) is 5.56 Å². The SMILES string of the molecule is CCN(C(=O)NC(C)c1cc(C)sc1C)C(C)(C)C(=O)O. The third-order valence-electron chi connectivity index (χ3n) is 3.65. The maximum Gasteiger partial charge on any atom is 0.329 e. The zero-order valence-electron chi connectivity index (χ0n) is 13.5. The lowest BCUT2D eigenvalue weighted by Gasteiger charge is -2.35. The summed E-state index contributed by atoms with van der Waals surface area (Å²) in [6.45, 7) is 11.1. The molecule has 2 N–H and O–H groups in total. The minimum Gasteiger partial charge on any atom is -0.480 e. The van der Waals surface area contributed by atoms with Gasteiger partial charge in [-0.25, -0.2) is 9.59 Å². The van der Waals surface area contributed by atoms with Gasteiger partial charge in [-0.1, -0.05) is 0 Å². The summed E-state index contributed by atoms with van der Waals surface area (Å²) in [5.74, 6) is -1.02. The molecule has 21 heavy (non-hydrogen) atoms. The quantitative estimate of drug-likeness (QED) is 0.876. The van der Waals surface area contributed by atoms with Gasteiger partial charge in [-0.3, -0.25) is 0 Å². The number of hydrogen-bond acceptors (Lipinski definition) is 3. The van der Waals surface area contributed by atoms with Gasteiger partial charge in [0, 0.05) is 16.3 Å². The number of carbonyl (C=O) groups is 2. The molecular weight excluding hydrogens is 288 g/mol. The minimum atomic E-state index is -1.24. The third kappa shape index (κ3) is 3.75. The topological polar surface area (TPSA) is 69.6 Å². The fraction of sp³-hybridized carbons (Fsp3) is 0.600. The van der Waals surface area contributed by atoms with Crippen molar-refractivity contribution >= 4 is 23.3 Å². The van der Waals surface area contributed by atoms with Gasteiger partial charge >= 0.3 is 12.0 Å². The Morgan fingerprint density at radius 1 is 1.43 bits per heavy atom. The first-order chi connectivity index (χ1) is 9.61. The van der Waals surface area contributed by atoms with Crippen LogP contribution in [0.2, 0.25) is 0 Å². The van der Waals surface area contributed by atoms with E-state index in [1.807, 2.05) is 20.8 Å². The molecule has 2 amide bonds. The molecule has 1 unspecified atom stereocenters. The highest BCUT2D eigenvalue weighted by Gasteiger charge is 2.37. The monoisotopic (exact) mass is 312 g/mol. The van der Waals surface area contributed by atoms with Crippen molar-refractivity contribution in [3.8, 4) is 0 Å². The second kappa shape index (κ2) is 6.47. The Hall–Kier alpha value is -1.56. The van der Waals surface area contributed by atoms with E-state index in [1.165, 1.54) is 28.5 Å². The van der Waals surface area contributed by atoms with Gasteiger partial charge in [0.1, 0.15) is 5.54 Å². The van der Waals surface area contributed by atoms with Crippen molar-refractivity contribution in [1.29, 1.82) is 0 Å². The van der Waals surface area contributed by atoms with Gasteiger partial charge in [0.15, 0.2) is 0 Å². The Balaban J connectivity index is 2.88. The summed E-state index contributed by atoms with van der Waals surface area (Å²) in [5.41, 5.74) is -0.159. The molecule has 0 fully saturated rings. The van der Waals surface area contributed by atoms with E-state index in [-0.39, 0.29) is 12.1 Å². The van der Waals surface area contributed by atoms with Crippen LogP contribution in [0, 0.1) is 13.8 Å². The molecule has 0 radical (unpaired) electrons. The summed E-state index contributed by atoms with van der Waals surface area (Å²) in [6.07, 6.45) is 0. The highest BCUT2D eigenvalue weighted by Crippen LogP contribution is 2.26. The van der Waals surface area contributed by atoms with E-state index in [1.54, 1.807) is 18.3 Å². The molecule has 0 spiro atoms. The van der Waals surface area contributed by atoms with Gasteiger partial charge in [0.05, 0.1) is 6.04 Å². The van der Waals surface area contributed by atoms with E-state index in [0.29, 0.717) is 6.54 Å². The Kier molecular flexibility index (Phi) is 5.39. The number of hydrogen-bond donors (Lipinski definition) is 2. The van der Waals surface area contributed by atoms with Crippen molar-refractivity contribution in [3.63, 3.8) is 0 Å². The fourth-order valence-electron chi connectivity index (χ4n) is 2.33. The largest absolute Gasteiger partial charge is 0.480 e. The molecule has 1 atom stereocenters. The number of urea groups is 1. The average molecular weight is 312 g/mol. The van der Waals surface area contributed by atoms with Crippen LogP contribution in [0.1, 0.15) is 49.1 Å². The van der Waals surface area contributed by atoms with Crippen molar-refractivity contribution in [2.45, 2.75) is 53.1 Å². The number of carbonyl (C=O) groups excluding carboxylic acids is 1. The van der Waals surface area contributed by atoms with E-state index < -0.39 is 11.5 Å². The van der Waals surface area contributed by atoms with Crippen molar-refractivity contribution in [3.05, 3.63) is 21.4 Å². The molecule has 1 aromatic heterocycles. The Labute approximate surface area is 130 Å². The standard InChI is InChI=1S/C15H24N2O3S/c1-7-17(15(5,6)13(18)19)14(20)16-10(3)12-8-9(2)21-11(12)4/h8,10H,7H2,1-6H3,(H,16,20)(H,18,19). The van der Waals surface area contributed by atoms with Crippen LogP contribution >= 0.6 is 11.3 Å². The lowest BCUT2D eigenvalue weighted by molar-refractivity contribution is -0.147. The number of nitrogens with one attached hydrogen (secondary N) is 1. The molecule has 0 saturated carbocycles. The zero-order valence-corrected chi connectivity index (χ0v) is 14.3. The van der Waals surface area contributed by atoms with Crippen LogP contribution in [-0.4, -0.2) is 34.1 Å². The first-order valence-corrected chi connectivity index (χ1v) is 7.81. The van der Waals surface area contributed by atoms with Crippen molar-refractivity contribution in [2.24, 2.45) is 0 Å². The van der Waals surface area contributed by atoms with Crippen molar-refractivity contribution in [2.75, 3.05) is 6.54 Å². The summed E-state index contributed by atoms with van der Waals surface area (Å²) in [4.78, 5) is 27.4. The number of amides is 2. The number of aliphatic carboxylic acids is 1. The lowest BCUT2D eigenvalue weighted by atomic mass is 10.0. The van der Waals surface area contributed by atoms with E-state index >= 15 is 0 Å². The minimum absolute atomic E-state index is 0.152. The second-order valence-corrected chi connectivity index (χ2v) is 7.11. The highest BCUT2D eigenvalue weighted by atomic mass is 32.1. The van der Waals surface area contributed by atoms with Gasteiger partial charge in [-0.05, 0) is 53.2 Å². The Morgan fingerprint density at radius 2 is 2.00 bits per heavy atom. The lowest BCUT2D eigenvalue weighted by Crippen LogP contribution is -2.56. The molecule has 1 heterocycles. The van der Waals surface area contributed by atoms with Gasteiger partial charge in [0.2, 0.25) is 0 Å². The molecule has 5 nitrogen and oxygen atoms in total. The van der Waals surface area contributed by atoms with Crippen LogP contribution in [0.15, 0.2) is 6.07 Å². The van der Waals surface area contributed by atoms with Crippen LogP contribution in [0.25, 0.3) is 0 Å². The zero-order chi connectivity index (χ0) is 16.4. The molecule has 0 aliphatic carbocycles. The van der Waals surface area contributed by atoms with Crippen LogP contribution in [0.5, 0.6) is 0 Å². The molecule has 118 valence electrons. The summed E-state index contributed by atoms with van der Waals surface area (Å²) in [5, 5.41) is 12.2. The highest BCUT2D eigenvalue weighted by molar-refractivity contribution is 7.12. The molecule has 1 rings (SSSR count). The Bertz CT molecular complexity index is 537. The number of aryl methyl sites for hydroxylation is 2. The van der Waals surface area contributed by atoms with Crippen LogP contribution in [-0.2, 0) is 4.79 Å². The molecule has 0 aliphatic heterocycles. The van der Waals surface area contributed by atoms with Crippen molar-refractivity contribution in [1.82, 2.24) is 10.2 Å². The number of carboxylic acid groups (broad SMARTS) is 1. The van der Waals surface area contributed by atoms with E-state index in [4.69, 9.17) is 0 Å². The van der Waals surface area contributed by atoms with Crippen LogP contribution in [0.3, 0.4) is 0 Å². The molecule has 1 aromatic rings. The molecule has 0 bridgehead atoms.